The molecule has 1 heterocycles. The molecule has 3 aromatic carbocycles. The number of ether oxygens (including phenoxy) is 1. The van der Waals surface area contributed by atoms with Crippen LogP contribution < -0.4 is 16.1 Å². The number of hydrogen-bond donors (Lipinski definition) is 5. The zero-order valence-electron chi connectivity index (χ0n) is 26.3. The second kappa shape index (κ2) is 15.5. The van der Waals surface area contributed by atoms with E-state index < -0.39 is 36.6 Å². The summed E-state index contributed by atoms with van der Waals surface area (Å²) >= 11 is 0. The third-order valence-corrected chi connectivity index (χ3v) is 7.52. The molecule has 0 aliphatic heterocycles. The molecule has 0 spiro atoms. The SMILES string of the molecule is Cc1cccc(C)c1-n1c(C)cc(/C=N\NC(=O)[C@H](Cc2ccc(O)cc2)NC(=O)[C@H](CO)NC(=O)OCc2ccccc2)c1C. The summed E-state index contributed by atoms with van der Waals surface area (Å²) in [5.41, 5.74) is 10.0. The van der Waals surface area contributed by atoms with Crippen LogP contribution in [0.2, 0.25) is 0 Å². The number of aryl methyl sites for hydroxylation is 3. The molecule has 0 bridgehead atoms. The summed E-state index contributed by atoms with van der Waals surface area (Å²) < 4.78 is 7.31. The second-order valence-corrected chi connectivity index (χ2v) is 11.0. The van der Waals surface area contributed by atoms with E-state index in [4.69, 9.17) is 4.74 Å². The van der Waals surface area contributed by atoms with Crippen LogP contribution in [0.3, 0.4) is 0 Å². The van der Waals surface area contributed by atoms with Crippen LogP contribution in [0, 0.1) is 27.7 Å². The minimum absolute atomic E-state index is 0.0245. The number of carbonyl (C=O) groups is 3. The zero-order chi connectivity index (χ0) is 33.2. The highest BCUT2D eigenvalue weighted by Crippen LogP contribution is 2.25. The fourth-order valence-electron chi connectivity index (χ4n) is 5.11. The maximum absolute atomic E-state index is 13.3. The Hall–Kier alpha value is -5.42. The lowest BCUT2D eigenvalue weighted by Gasteiger charge is -2.21. The van der Waals surface area contributed by atoms with Gasteiger partial charge < -0.3 is 30.2 Å². The van der Waals surface area contributed by atoms with E-state index in [1.807, 2.05) is 32.0 Å². The van der Waals surface area contributed by atoms with Gasteiger partial charge in [0.2, 0.25) is 5.91 Å². The van der Waals surface area contributed by atoms with Gasteiger partial charge in [-0.2, -0.15) is 5.10 Å². The Morgan fingerprint density at radius 3 is 2.17 bits per heavy atom. The standard InChI is InChI=1S/C35H39N5O6/c1-22-9-8-10-23(2)32(22)40-24(3)17-28(25(40)4)19-36-39-34(44)30(18-26-13-15-29(42)16-14-26)37-33(43)31(20-41)38-35(45)46-21-27-11-6-5-7-12-27/h5-17,19,30-31,41-42H,18,20-21H2,1-4H3,(H,37,43)(H,38,45)(H,39,44)/b36-19-/t30-,31-/m0/s1. The number of amides is 3. The molecule has 1 aromatic heterocycles. The van der Waals surface area contributed by atoms with Crippen molar-refractivity contribution in [2.45, 2.75) is 52.8 Å². The molecule has 0 radical (unpaired) electrons. The van der Waals surface area contributed by atoms with Gasteiger partial charge in [0.15, 0.2) is 0 Å². The fourth-order valence-corrected chi connectivity index (χ4v) is 5.11. The van der Waals surface area contributed by atoms with Crippen molar-refractivity contribution in [2.24, 2.45) is 5.10 Å². The van der Waals surface area contributed by atoms with Crippen molar-refractivity contribution in [3.63, 3.8) is 0 Å². The van der Waals surface area contributed by atoms with Gasteiger partial charge in [0.25, 0.3) is 5.91 Å². The normalized spacial score (nSPS) is 12.4. The summed E-state index contributed by atoms with van der Waals surface area (Å²) in [6.45, 7) is 7.34. The smallest absolute Gasteiger partial charge is 0.408 e. The number of rotatable bonds is 12. The zero-order valence-corrected chi connectivity index (χ0v) is 26.3. The Morgan fingerprint density at radius 2 is 1.52 bits per heavy atom. The van der Waals surface area contributed by atoms with E-state index in [1.54, 1.807) is 42.6 Å². The molecule has 0 fully saturated rings. The highest BCUT2D eigenvalue weighted by atomic mass is 16.5. The minimum atomic E-state index is -1.38. The van der Waals surface area contributed by atoms with Crippen LogP contribution in [0.15, 0.2) is 84.0 Å². The summed E-state index contributed by atoms with van der Waals surface area (Å²) in [6, 6.07) is 20.8. The number of aliphatic hydroxyl groups is 1. The number of aromatic nitrogens is 1. The first kappa shape index (κ1) is 33.5. The Kier molecular flexibility index (Phi) is 11.3. The van der Waals surface area contributed by atoms with Crippen molar-refractivity contribution >= 4 is 24.1 Å². The molecule has 46 heavy (non-hydrogen) atoms. The Morgan fingerprint density at radius 1 is 0.848 bits per heavy atom. The highest BCUT2D eigenvalue weighted by Gasteiger charge is 2.27. The van der Waals surface area contributed by atoms with E-state index in [9.17, 15) is 24.6 Å². The molecule has 3 amide bonds. The lowest BCUT2D eigenvalue weighted by atomic mass is 10.0. The number of aromatic hydroxyl groups is 1. The van der Waals surface area contributed by atoms with E-state index in [2.05, 4.69) is 51.7 Å². The van der Waals surface area contributed by atoms with Gasteiger partial charge in [0, 0.05) is 23.4 Å². The Balaban J connectivity index is 1.46. The highest BCUT2D eigenvalue weighted by molar-refractivity contribution is 5.92. The minimum Gasteiger partial charge on any atom is -0.508 e. The first-order valence-corrected chi connectivity index (χ1v) is 14.8. The number of hydrogen-bond acceptors (Lipinski definition) is 7. The lowest BCUT2D eigenvalue weighted by molar-refractivity contribution is -0.130. The number of nitrogens with zero attached hydrogens (tertiary/aromatic N) is 2. The summed E-state index contributed by atoms with van der Waals surface area (Å²) in [6.07, 6.45) is 0.691. The molecule has 11 nitrogen and oxygen atoms in total. The molecule has 0 saturated heterocycles. The molecule has 5 N–H and O–H groups in total. The van der Waals surface area contributed by atoms with E-state index in [0.29, 0.717) is 5.56 Å². The van der Waals surface area contributed by atoms with Gasteiger partial charge in [0.05, 0.1) is 18.5 Å². The molecular weight excluding hydrogens is 586 g/mol. The predicted molar refractivity (Wildman–Crippen MR) is 175 cm³/mol. The van der Waals surface area contributed by atoms with Crippen LogP contribution in [-0.4, -0.2) is 57.6 Å². The molecule has 0 aliphatic rings. The van der Waals surface area contributed by atoms with Crippen LogP contribution in [0.5, 0.6) is 5.75 Å². The fraction of sp³-hybridized carbons (Fsp3) is 0.257. The molecule has 0 unspecified atom stereocenters. The largest absolute Gasteiger partial charge is 0.508 e. The topological polar surface area (TPSA) is 154 Å². The summed E-state index contributed by atoms with van der Waals surface area (Å²) in [4.78, 5) is 38.8. The van der Waals surface area contributed by atoms with Crippen LogP contribution >= 0.6 is 0 Å². The first-order chi connectivity index (χ1) is 22.1. The molecule has 0 aliphatic carbocycles. The molecule has 240 valence electrons. The molecule has 4 aromatic rings. The maximum Gasteiger partial charge on any atom is 0.408 e. The van der Waals surface area contributed by atoms with Gasteiger partial charge in [0.1, 0.15) is 24.4 Å². The van der Waals surface area contributed by atoms with E-state index in [1.165, 1.54) is 12.1 Å². The Labute approximate surface area is 267 Å². The number of carbonyl (C=O) groups excluding carboxylic acids is 3. The number of benzene rings is 3. The van der Waals surface area contributed by atoms with Crippen molar-refractivity contribution in [3.8, 4) is 11.4 Å². The third-order valence-electron chi connectivity index (χ3n) is 7.52. The van der Waals surface area contributed by atoms with Crippen molar-refractivity contribution in [2.75, 3.05) is 6.61 Å². The molecular formula is C35H39N5O6. The van der Waals surface area contributed by atoms with E-state index in [0.717, 1.165) is 39.3 Å². The van der Waals surface area contributed by atoms with Gasteiger partial charge in [-0.1, -0.05) is 60.7 Å². The summed E-state index contributed by atoms with van der Waals surface area (Å²) in [7, 11) is 0. The average Bonchev–Trinajstić information content (AvgIpc) is 3.31. The Bertz CT molecular complexity index is 1680. The third kappa shape index (κ3) is 8.60. The van der Waals surface area contributed by atoms with Crippen LogP contribution in [-0.2, 0) is 27.4 Å². The van der Waals surface area contributed by atoms with Gasteiger partial charge in [-0.15, -0.1) is 0 Å². The number of aliphatic hydroxyl groups excluding tert-OH is 1. The predicted octanol–water partition coefficient (Wildman–Crippen LogP) is 3.88. The first-order valence-electron chi connectivity index (χ1n) is 14.8. The van der Waals surface area contributed by atoms with E-state index >= 15 is 0 Å². The number of hydrazone groups is 1. The van der Waals surface area contributed by atoms with Gasteiger partial charge in [-0.3, -0.25) is 9.59 Å². The quantitative estimate of drug-likeness (QED) is 0.119. The van der Waals surface area contributed by atoms with Crippen LogP contribution in [0.1, 0.15) is 39.2 Å². The van der Waals surface area contributed by atoms with E-state index in [-0.39, 0.29) is 18.8 Å². The van der Waals surface area contributed by atoms with Crippen LogP contribution in [0.4, 0.5) is 4.79 Å². The van der Waals surface area contributed by atoms with Crippen molar-refractivity contribution in [1.82, 2.24) is 20.6 Å². The number of phenols is 1. The molecule has 0 saturated carbocycles. The molecule has 4 rings (SSSR count). The number of alkyl carbamates (subject to hydrolysis) is 1. The van der Waals surface area contributed by atoms with Crippen molar-refractivity contribution in [1.29, 1.82) is 0 Å². The maximum atomic E-state index is 13.3. The molecule has 2 atom stereocenters. The monoisotopic (exact) mass is 625 g/mol. The second-order valence-electron chi connectivity index (χ2n) is 11.0. The number of para-hydroxylation sites is 1. The van der Waals surface area contributed by atoms with Crippen molar-refractivity contribution < 1.29 is 29.3 Å². The summed E-state index contributed by atoms with van der Waals surface area (Å²) in [5.74, 6) is -1.36. The average molecular weight is 626 g/mol. The summed E-state index contributed by atoms with van der Waals surface area (Å²) in [5, 5.41) is 28.6. The number of nitrogens with one attached hydrogen (secondary N) is 3. The van der Waals surface area contributed by atoms with Gasteiger partial charge in [-0.25, -0.2) is 10.2 Å². The lowest BCUT2D eigenvalue weighted by Crippen LogP contribution is -2.55. The van der Waals surface area contributed by atoms with Crippen LogP contribution in [0.25, 0.3) is 5.69 Å². The van der Waals surface area contributed by atoms with Crippen molar-refractivity contribution in [3.05, 3.63) is 118 Å². The van der Waals surface area contributed by atoms with Gasteiger partial charge in [-0.05, 0) is 68.1 Å². The molecule has 11 heteroatoms. The van der Waals surface area contributed by atoms with Gasteiger partial charge >= 0.3 is 6.09 Å². The number of phenolic OH excluding ortho intramolecular Hbond substituents is 1.